The number of alkyl halides is 3. The van der Waals surface area contributed by atoms with E-state index in [1.165, 1.54) is 0 Å². The number of carbonyl (C=O) groups excluding carboxylic acids is 1. The molecule has 1 aliphatic heterocycles. The molecular weight excluding hydrogens is 523 g/mol. The summed E-state index contributed by atoms with van der Waals surface area (Å²) in [5.74, 6) is -3.60. The molecule has 0 radical (unpaired) electrons. The molecule has 0 aliphatic carbocycles. The Labute approximate surface area is 229 Å². The van der Waals surface area contributed by atoms with E-state index in [-0.39, 0.29) is 5.78 Å². The van der Waals surface area contributed by atoms with Gasteiger partial charge in [0, 0.05) is 24.4 Å². The fourth-order valence-electron chi connectivity index (χ4n) is 4.89. The van der Waals surface area contributed by atoms with Crippen molar-refractivity contribution < 1.29 is 27.9 Å². The highest BCUT2D eigenvalue weighted by Gasteiger charge is 2.47. The van der Waals surface area contributed by atoms with Crippen LogP contribution in [0.4, 0.5) is 13.2 Å². The Kier molecular flexibility index (Phi) is 9.81. The minimum atomic E-state index is -5.08. The van der Waals surface area contributed by atoms with E-state index in [4.69, 9.17) is 15.2 Å². The first-order valence-corrected chi connectivity index (χ1v) is 12.5. The second-order valence-electron chi connectivity index (χ2n) is 9.72. The first-order chi connectivity index (χ1) is 19.0. The largest absolute Gasteiger partial charge is 0.490 e. The number of nitrogens with zero attached hydrogens (tertiary/aromatic N) is 3. The third kappa shape index (κ3) is 7.55. The van der Waals surface area contributed by atoms with Crippen molar-refractivity contribution in [3.05, 3.63) is 89.0 Å². The Morgan fingerprint density at radius 1 is 1.18 bits per heavy atom. The maximum atomic E-state index is 14.1. The number of nitriles is 2. The zero-order valence-corrected chi connectivity index (χ0v) is 21.7. The molecule has 11 heteroatoms. The number of aliphatic carboxylic acids is 1. The topological polar surface area (TPSA) is 143 Å². The lowest BCUT2D eigenvalue weighted by atomic mass is 9.64. The fraction of sp³-hybridized carbons (Fsp3) is 0.345. The van der Waals surface area contributed by atoms with E-state index in [2.05, 4.69) is 33.5 Å². The van der Waals surface area contributed by atoms with E-state index >= 15 is 0 Å². The van der Waals surface area contributed by atoms with E-state index in [1.807, 2.05) is 37.3 Å². The van der Waals surface area contributed by atoms with Gasteiger partial charge >= 0.3 is 12.1 Å². The predicted molar refractivity (Wildman–Crippen MR) is 139 cm³/mol. The van der Waals surface area contributed by atoms with E-state index < -0.39 is 29.4 Å². The van der Waals surface area contributed by atoms with Gasteiger partial charge in [0.2, 0.25) is 0 Å². The standard InChI is InChI=1S/C27H27N5O.C2HF3O2/c1-19-3-2-4-22(11-19)13-27(17-29)9-10-30-15-24(27)26(33)23(25-16-31-18-32-25)12-20-5-7-21(14-28)8-6-20;3-2(4,5)1(6)7/h2-8,11,16,18,23-24,30H,9-10,12-13,15H2,1H3,(H,31,32);(H,6,7). The molecule has 3 N–H and O–H groups in total. The number of Topliss-reactive ketones (excluding diaryl/α,β-unsaturated/α-hetero) is 1. The SMILES string of the molecule is Cc1cccc(CC2(C#N)CCNCC2C(=O)C(Cc2ccc(C#N)cc2)c2cnc[nH]2)c1.O=C(O)C(F)(F)F. The number of hydrogen-bond donors (Lipinski definition) is 3. The number of benzene rings is 2. The van der Waals surface area contributed by atoms with Crippen LogP contribution in [0, 0.1) is 40.9 Å². The summed E-state index contributed by atoms with van der Waals surface area (Å²) in [6, 6.07) is 20.2. The Balaban J connectivity index is 0.000000559. The number of halogens is 3. The van der Waals surface area contributed by atoms with Gasteiger partial charge in [-0.3, -0.25) is 4.79 Å². The molecule has 8 nitrogen and oxygen atoms in total. The van der Waals surface area contributed by atoms with Gasteiger partial charge < -0.3 is 15.4 Å². The van der Waals surface area contributed by atoms with Crippen LogP contribution in [-0.2, 0) is 22.4 Å². The third-order valence-electron chi connectivity index (χ3n) is 6.94. The molecule has 4 rings (SSSR count). The van der Waals surface area contributed by atoms with Crippen molar-refractivity contribution in [2.24, 2.45) is 11.3 Å². The molecule has 0 spiro atoms. The number of aromatic nitrogens is 2. The summed E-state index contributed by atoms with van der Waals surface area (Å²) in [5.41, 5.74) is 3.76. The lowest BCUT2D eigenvalue weighted by molar-refractivity contribution is -0.192. The molecule has 0 saturated carbocycles. The lowest BCUT2D eigenvalue weighted by Gasteiger charge is -2.40. The smallest absolute Gasteiger partial charge is 0.475 e. The van der Waals surface area contributed by atoms with Crippen LogP contribution < -0.4 is 5.32 Å². The van der Waals surface area contributed by atoms with Crippen LogP contribution in [0.1, 0.15) is 40.3 Å². The van der Waals surface area contributed by atoms with E-state index in [1.54, 1.807) is 24.7 Å². The van der Waals surface area contributed by atoms with Crippen LogP contribution in [0.25, 0.3) is 0 Å². The van der Waals surface area contributed by atoms with Crippen molar-refractivity contribution in [2.75, 3.05) is 13.1 Å². The molecule has 1 aromatic heterocycles. The van der Waals surface area contributed by atoms with Crippen molar-refractivity contribution in [2.45, 2.75) is 38.3 Å². The number of carboxylic acid groups (broad SMARTS) is 1. The Morgan fingerprint density at radius 2 is 1.88 bits per heavy atom. The molecule has 40 heavy (non-hydrogen) atoms. The number of aryl methyl sites for hydroxylation is 1. The molecule has 1 saturated heterocycles. The minimum Gasteiger partial charge on any atom is -0.475 e. The number of carbonyl (C=O) groups is 2. The van der Waals surface area contributed by atoms with Gasteiger partial charge in [-0.25, -0.2) is 9.78 Å². The van der Waals surface area contributed by atoms with Gasteiger partial charge in [-0.15, -0.1) is 0 Å². The van der Waals surface area contributed by atoms with Crippen LogP contribution in [-0.4, -0.2) is 46.1 Å². The first kappa shape index (κ1) is 30.1. The molecule has 3 unspecified atom stereocenters. The molecule has 208 valence electrons. The van der Waals surface area contributed by atoms with Gasteiger partial charge in [-0.05, 0) is 56.0 Å². The average molecular weight is 552 g/mol. The minimum absolute atomic E-state index is 0.0463. The van der Waals surface area contributed by atoms with Gasteiger partial charge in [-0.2, -0.15) is 23.7 Å². The van der Waals surface area contributed by atoms with E-state index in [0.29, 0.717) is 37.9 Å². The van der Waals surface area contributed by atoms with Gasteiger partial charge in [0.05, 0.1) is 35.4 Å². The highest BCUT2D eigenvalue weighted by Crippen LogP contribution is 2.41. The van der Waals surface area contributed by atoms with Gasteiger partial charge in [-0.1, -0.05) is 42.0 Å². The number of imidazole rings is 1. The van der Waals surface area contributed by atoms with Crippen molar-refractivity contribution in [1.82, 2.24) is 15.3 Å². The first-order valence-electron chi connectivity index (χ1n) is 12.5. The van der Waals surface area contributed by atoms with Crippen molar-refractivity contribution in [1.29, 1.82) is 10.5 Å². The molecule has 3 atom stereocenters. The van der Waals surface area contributed by atoms with Crippen LogP contribution in [0.5, 0.6) is 0 Å². The molecule has 3 aromatic rings. The Hall–Kier alpha value is -4.48. The second kappa shape index (κ2) is 13.0. The normalized spacial score (nSPS) is 19.3. The average Bonchev–Trinajstić information content (AvgIpc) is 3.46. The summed E-state index contributed by atoms with van der Waals surface area (Å²) in [4.78, 5) is 30.2. The van der Waals surface area contributed by atoms with Crippen molar-refractivity contribution >= 4 is 11.8 Å². The zero-order valence-electron chi connectivity index (χ0n) is 21.7. The van der Waals surface area contributed by atoms with Crippen LogP contribution in [0.15, 0.2) is 61.1 Å². The molecule has 2 heterocycles. The summed E-state index contributed by atoms with van der Waals surface area (Å²) in [7, 11) is 0. The van der Waals surface area contributed by atoms with E-state index in [0.717, 1.165) is 22.4 Å². The maximum absolute atomic E-state index is 14.1. The number of ketones is 1. The predicted octanol–water partition coefficient (Wildman–Crippen LogP) is 4.48. The Morgan fingerprint density at radius 3 is 2.42 bits per heavy atom. The van der Waals surface area contributed by atoms with E-state index in [9.17, 15) is 23.2 Å². The quantitative estimate of drug-likeness (QED) is 0.393. The second-order valence-corrected chi connectivity index (χ2v) is 9.72. The molecule has 0 amide bonds. The zero-order chi connectivity index (χ0) is 29.3. The van der Waals surface area contributed by atoms with Crippen molar-refractivity contribution in [3.8, 4) is 12.1 Å². The monoisotopic (exact) mass is 551 g/mol. The highest BCUT2D eigenvalue weighted by atomic mass is 19.4. The summed E-state index contributed by atoms with van der Waals surface area (Å²) in [6.45, 7) is 3.24. The maximum Gasteiger partial charge on any atom is 0.490 e. The number of nitrogens with one attached hydrogen (secondary N) is 2. The number of piperidine rings is 1. The van der Waals surface area contributed by atoms with Crippen LogP contribution in [0.2, 0.25) is 0 Å². The number of carboxylic acids is 1. The summed E-state index contributed by atoms with van der Waals surface area (Å²) in [5, 5.41) is 29.9. The lowest BCUT2D eigenvalue weighted by Crippen LogP contribution is -2.50. The molecule has 0 bridgehead atoms. The van der Waals surface area contributed by atoms with Crippen LogP contribution >= 0.6 is 0 Å². The molecular formula is C29H28F3N5O3. The molecule has 1 fully saturated rings. The summed E-state index contributed by atoms with van der Waals surface area (Å²) >= 11 is 0. The fourth-order valence-corrected chi connectivity index (χ4v) is 4.89. The molecule has 1 aliphatic rings. The van der Waals surface area contributed by atoms with Crippen LogP contribution in [0.3, 0.4) is 0 Å². The Bertz CT molecular complexity index is 1390. The number of aromatic amines is 1. The number of hydrogen-bond acceptors (Lipinski definition) is 6. The highest BCUT2D eigenvalue weighted by molar-refractivity contribution is 5.89. The molecule has 2 aromatic carbocycles. The summed E-state index contributed by atoms with van der Waals surface area (Å²) in [6.07, 6.45) is -0.152. The van der Waals surface area contributed by atoms with Gasteiger partial charge in [0.25, 0.3) is 0 Å². The number of H-pyrrole nitrogens is 1. The summed E-state index contributed by atoms with van der Waals surface area (Å²) < 4.78 is 31.7. The third-order valence-corrected chi connectivity index (χ3v) is 6.94. The van der Waals surface area contributed by atoms with Crippen molar-refractivity contribution in [3.63, 3.8) is 0 Å². The van der Waals surface area contributed by atoms with Gasteiger partial charge in [0.15, 0.2) is 0 Å². The number of rotatable bonds is 7. The van der Waals surface area contributed by atoms with Gasteiger partial charge in [0.1, 0.15) is 5.78 Å².